The van der Waals surface area contributed by atoms with Gasteiger partial charge < -0.3 is 14.8 Å². The van der Waals surface area contributed by atoms with Crippen molar-refractivity contribution in [2.75, 3.05) is 5.32 Å². The summed E-state index contributed by atoms with van der Waals surface area (Å²) in [7, 11) is 0. The van der Waals surface area contributed by atoms with E-state index in [1.54, 1.807) is 12.5 Å². The molecular weight excluding hydrogens is 486 g/mol. The van der Waals surface area contributed by atoms with E-state index in [4.69, 9.17) is 21.0 Å². The number of aliphatic carboxylic acids is 1. The number of carboxylic acid groups (broad SMARTS) is 1. The third kappa shape index (κ3) is 4.23. The van der Waals surface area contributed by atoms with E-state index >= 15 is 0 Å². The van der Waals surface area contributed by atoms with Gasteiger partial charge in [-0.2, -0.15) is 0 Å². The fraction of sp³-hybridized carbons (Fsp3) is 0.167. The number of carbonyl (C=O) groups is 1. The number of nitrogens with zero attached hydrogens (tertiary/aromatic N) is 2. The monoisotopic (exact) mass is 509 g/mol. The first-order chi connectivity index (χ1) is 17.9. The van der Waals surface area contributed by atoms with E-state index in [0.29, 0.717) is 29.6 Å². The quantitative estimate of drug-likeness (QED) is 0.236. The minimum absolute atomic E-state index is 0.0718. The predicted molar refractivity (Wildman–Crippen MR) is 145 cm³/mol. The molecule has 6 rings (SSSR count). The number of benzene rings is 3. The molecule has 3 aromatic carbocycles. The van der Waals surface area contributed by atoms with Gasteiger partial charge in [0.15, 0.2) is 5.76 Å². The molecule has 1 saturated carbocycles. The minimum Gasteiger partial charge on any atom is -0.481 e. The Morgan fingerprint density at radius 3 is 2.30 bits per heavy atom. The molecule has 2 heterocycles. The molecule has 2 aromatic heterocycles. The molecule has 7 heteroatoms. The number of rotatable bonds is 7. The van der Waals surface area contributed by atoms with Crippen molar-refractivity contribution in [3.05, 3.63) is 101 Å². The van der Waals surface area contributed by atoms with Gasteiger partial charge in [-0.1, -0.05) is 78.3 Å². The van der Waals surface area contributed by atoms with E-state index in [2.05, 4.69) is 10.3 Å². The highest BCUT2D eigenvalue weighted by Gasteiger charge is 2.51. The fourth-order valence-corrected chi connectivity index (χ4v) is 5.06. The molecule has 0 saturated heterocycles. The summed E-state index contributed by atoms with van der Waals surface area (Å²) in [4.78, 5) is 20.8. The molecule has 1 aliphatic rings. The second kappa shape index (κ2) is 9.05. The van der Waals surface area contributed by atoms with Crippen LogP contribution in [-0.4, -0.2) is 21.0 Å². The fourth-order valence-electron chi connectivity index (χ4n) is 4.76. The molecule has 5 aromatic rings. The van der Waals surface area contributed by atoms with E-state index in [9.17, 15) is 9.90 Å². The second-order valence-electron chi connectivity index (χ2n) is 9.49. The Bertz CT molecular complexity index is 1610. The lowest BCUT2D eigenvalue weighted by atomic mass is 9.93. The molecule has 0 spiro atoms. The first-order valence-electron chi connectivity index (χ1n) is 12.1. The normalized spacial score (nSPS) is 14.9. The van der Waals surface area contributed by atoms with E-state index < -0.39 is 11.4 Å². The first-order valence-corrected chi connectivity index (χ1v) is 12.5. The zero-order valence-corrected chi connectivity index (χ0v) is 20.9. The third-order valence-corrected chi connectivity index (χ3v) is 7.47. The van der Waals surface area contributed by atoms with Gasteiger partial charge in [0.05, 0.1) is 16.8 Å². The molecule has 1 aliphatic carbocycles. The van der Waals surface area contributed by atoms with Crippen LogP contribution in [0.2, 0.25) is 5.02 Å². The molecule has 2 N–H and O–H groups in total. The zero-order valence-electron chi connectivity index (χ0n) is 20.1. The highest BCUT2D eigenvalue weighted by atomic mass is 35.5. The maximum absolute atomic E-state index is 11.6. The van der Waals surface area contributed by atoms with Crippen LogP contribution in [0.5, 0.6) is 0 Å². The van der Waals surface area contributed by atoms with Crippen molar-refractivity contribution in [2.24, 2.45) is 0 Å². The Labute approximate surface area is 219 Å². The molecule has 0 aliphatic heterocycles. The Hall–Kier alpha value is -4.16. The van der Waals surface area contributed by atoms with Crippen LogP contribution in [0.15, 0.2) is 89.7 Å². The highest BCUT2D eigenvalue weighted by Crippen LogP contribution is 2.48. The summed E-state index contributed by atoms with van der Waals surface area (Å²) in [5.74, 6) is 0.426. The standard InChI is InChI=1S/C30H24ClN3O3/c1-18(24-4-2-3-5-25(24)31)33-29-32-16-22-17-37-27(26(22)34-29)21-8-6-19(7-9-21)20-10-12-23(13-11-20)30(14-15-30)28(35)36/h2-13,16-18H,14-15H2,1H3,(H,33,34)(H,35,36). The SMILES string of the molecule is CC(Nc1ncc2coc(-c3ccc(-c4ccc(C5(C(=O)O)CC5)cc4)cc3)c2n1)c1ccccc1Cl. The van der Waals surface area contributed by atoms with E-state index in [1.807, 2.05) is 79.7 Å². The summed E-state index contributed by atoms with van der Waals surface area (Å²) in [5.41, 5.74) is 4.85. The zero-order chi connectivity index (χ0) is 25.6. The van der Waals surface area contributed by atoms with E-state index in [-0.39, 0.29) is 6.04 Å². The Morgan fingerprint density at radius 2 is 1.65 bits per heavy atom. The molecular formula is C30H24ClN3O3. The van der Waals surface area contributed by atoms with Crippen molar-refractivity contribution in [3.63, 3.8) is 0 Å². The van der Waals surface area contributed by atoms with Gasteiger partial charge in [-0.25, -0.2) is 9.97 Å². The van der Waals surface area contributed by atoms with Crippen molar-refractivity contribution in [1.29, 1.82) is 0 Å². The number of anilines is 1. The number of hydrogen-bond acceptors (Lipinski definition) is 5. The third-order valence-electron chi connectivity index (χ3n) is 7.13. The maximum Gasteiger partial charge on any atom is 0.314 e. The topological polar surface area (TPSA) is 88.2 Å². The van der Waals surface area contributed by atoms with Crippen LogP contribution in [0.25, 0.3) is 33.4 Å². The molecule has 0 bridgehead atoms. The largest absolute Gasteiger partial charge is 0.481 e. The molecule has 1 atom stereocenters. The Balaban J connectivity index is 1.24. The molecule has 6 nitrogen and oxygen atoms in total. The summed E-state index contributed by atoms with van der Waals surface area (Å²) in [6.07, 6.45) is 4.81. The van der Waals surface area contributed by atoms with Gasteiger partial charge in [0, 0.05) is 16.8 Å². The summed E-state index contributed by atoms with van der Waals surface area (Å²) < 4.78 is 5.89. The lowest BCUT2D eigenvalue weighted by molar-refractivity contribution is -0.140. The van der Waals surface area contributed by atoms with Gasteiger partial charge in [0.1, 0.15) is 11.8 Å². The van der Waals surface area contributed by atoms with Crippen LogP contribution in [0.3, 0.4) is 0 Å². The van der Waals surface area contributed by atoms with Gasteiger partial charge in [-0.05, 0) is 48.1 Å². The van der Waals surface area contributed by atoms with Crippen LogP contribution in [-0.2, 0) is 10.2 Å². The number of halogens is 1. The second-order valence-corrected chi connectivity index (χ2v) is 9.90. The van der Waals surface area contributed by atoms with Crippen LogP contribution >= 0.6 is 11.6 Å². The van der Waals surface area contributed by atoms with Crippen LogP contribution in [0.4, 0.5) is 5.95 Å². The van der Waals surface area contributed by atoms with Crippen LogP contribution in [0, 0.1) is 0 Å². The van der Waals surface area contributed by atoms with Crippen molar-refractivity contribution in [1.82, 2.24) is 9.97 Å². The average molecular weight is 510 g/mol. The average Bonchev–Trinajstić information content (AvgIpc) is 3.63. The van der Waals surface area contributed by atoms with Crippen molar-refractivity contribution in [3.8, 4) is 22.5 Å². The van der Waals surface area contributed by atoms with Crippen molar-refractivity contribution < 1.29 is 14.3 Å². The molecule has 1 fully saturated rings. The van der Waals surface area contributed by atoms with Gasteiger partial charge in [0.2, 0.25) is 5.95 Å². The number of furan rings is 1. The van der Waals surface area contributed by atoms with Gasteiger partial charge in [-0.15, -0.1) is 0 Å². The summed E-state index contributed by atoms with van der Waals surface area (Å²) in [6.45, 7) is 2.02. The van der Waals surface area contributed by atoms with Gasteiger partial charge in [-0.3, -0.25) is 4.79 Å². The lowest BCUT2D eigenvalue weighted by Crippen LogP contribution is -2.19. The molecule has 37 heavy (non-hydrogen) atoms. The summed E-state index contributed by atoms with van der Waals surface area (Å²) in [5, 5.41) is 14.4. The van der Waals surface area contributed by atoms with Crippen molar-refractivity contribution >= 4 is 34.4 Å². The number of fused-ring (bicyclic) bond motifs is 1. The summed E-state index contributed by atoms with van der Waals surface area (Å²) >= 11 is 6.35. The number of hydrogen-bond donors (Lipinski definition) is 2. The first kappa shape index (κ1) is 23.3. The van der Waals surface area contributed by atoms with E-state index in [1.165, 1.54) is 0 Å². The molecule has 184 valence electrons. The highest BCUT2D eigenvalue weighted by molar-refractivity contribution is 6.31. The molecule has 1 unspecified atom stereocenters. The summed E-state index contributed by atoms with van der Waals surface area (Å²) in [6, 6.07) is 23.5. The maximum atomic E-state index is 11.6. The smallest absolute Gasteiger partial charge is 0.314 e. The predicted octanol–water partition coefficient (Wildman–Crippen LogP) is 7.50. The van der Waals surface area contributed by atoms with Gasteiger partial charge in [0.25, 0.3) is 0 Å². The Morgan fingerprint density at radius 1 is 1.00 bits per heavy atom. The van der Waals surface area contributed by atoms with Crippen LogP contribution in [0.1, 0.15) is 36.9 Å². The number of nitrogens with one attached hydrogen (secondary N) is 1. The number of aromatic nitrogens is 2. The minimum atomic E-state index is -0.740. The number of carboxylic acids is 1. The lowest BCUT2D eigenvalue weighted by Gasteiger charge is -2.15. The van der Waals surface area contributed by atoms with E-state index in [0.717, 1.165) is 38.7 Å². The van der Waals surface area contributed by atoms with Crippen molar-refractivity contribution in [2.45, 2.75) is 31.2 Å². The van der Waals surface area contributed by atoms with Crippen LogP contribution < -0.4 is 5.32 Å². The molecule has 0 radical (unpaired) electrons. The van der Waals surface area contributed by atoms with Gasteiger partial charge >= 0.3 is 5.97 Å². The molecule has 0 amide bonds. The Kier molecular flexibility index (Phi) is 5.69.